The molecule has 0 aromatic carbocycles. The Kier molecular flexibility index (Phi) is 12.8. The number of allylic oxidation sites excluding steroid dienone is 9. The molecule has 0 amide bonds. The minimum absolute atomic E-state index is 0.581. The molecule has 0 aliphatic carbocycles. The molecule has 0 bridgehead atoms. The van der Waals surface area contributed by atoms with Gasteiger partial charge in [0.2, 0.25) is 0 Å². The number of hydrogen-bond acceptors (Lipinski definition) is 4. The fraction of sp³-hybridized carbons (Fsp3) is 0.406. The van der Waals surface area contributed by atoms with E-state index in [1.165, 1.54) is 11.4 Å². The predicted molar refractivity (Wildman–Crippen MR) is 162 cm³/mol. The smallest absolute Gasteiger partial charge is 0.0624 e. The van der Waals surface area contributed by atoms with E-state index >= 15 is 0 Å². The van der Waals surface area contributed by atoms with E-state index in [2.05, 4.69) is 74.6 Å². The molecule has 1 heterocycles. The summed E-state index contributed by atoms with van der Waals surface area (Å²) in [6, 6.07) is 0. The van der Waals surface area contributed by atoms with Crippen LogP contribution in [-0.4, -0.2) is 36.1 Å². The SMILES string of the molecule is C=C(/C=C\C(=C)C(C)=N/C(C)=C1\CCCN1C(=C)CC(C)C)C(=C)N=CC(=C)/C(C)=C/CC(C)=NC. The highest BCUT2D eigenvalue weighted by atomic mass is 15.2. The van der Waals surface area contributed by atoms with Gasteiger partial charge in [-0.15, -0.1) is 0 Å². The zero-order valence-electron chi connectivity index (χ0n) is 23.7. The number of likely N-dealkylation sites (tertiary alicyclic amines) is 1. The summed E-state index contributed by atoms with van der Waals surface area (Å²) in [5, 5.41) is 0. The second-order valence-corrected chi connectivity index (χ2v) is 9.81. The van der Waals surface area contributed by atoms with Crippen molar-refractivity contribution in [3.05, 3.63) is 96.2 Å². The van der Waals surface area contributed by atoms with E-state index in [9.17, 15) is 0 Å². The molecule has 1 saturated heterocycles. The zero-order valence-corrected chi connectivity index (χ0v) is 23.7. The molecule has 4 nitrogen and oxygen atoms in total. The summed E-state index contributed by atoms with van der Waals surface area (Å²) < 4.78 is 0. The summed E-state index contributed by atoms with van der Waals surface area (Å²) >= 11 is 0. The molecule has 0 spiro atoms. The fourth-order valence-corrected chi connectivity index (χ4v) is 3.65. The van der Waals surface area contributed by atoms with Crippen LogP contribution in [0, 0.1) is 5.92 Å². The van der Waals surface area contributed by atoms with E-state index < -0.39 is 0 Å². The van der Waals surface area contributed by atoms with E-state index in [1.807, 2.05) is 32.9 Å². The minimum atomic E-state index is 0.581. The van der Waals surface area contributed by atoms with Crippen LogP contribution in [0.15, 0.2) is 111 Å². The second kappa shape index (κ2) is 15.0. The van der Waals surface area contributed by atoms with Crippen molar-refractivity contribution in [2.75, 3.05) is 13.6 Å². The van der Waals surface area contributed by atoms with Gasteiger partial charge >= 0.3 is 0 Å². The first-order valence-corrected chi connectivity index (χ1v) is 12.7. The molecule has 0 aromatic rings. The molecule has 36 heavy (non-hydrogen) atoms. The molecule has 1 aliphatic heterocycles. The van der Waals surface area contributed by atoms with Gasteiger partial charge in [0.05, 0.1) is 11.4 Å². The van der Waals surface area contributed by atoms with Gasteiger partial charge in [0.15, 0.2) is 0 Å². The van der Waals surface area contributed by atoms with Crippen LogP contribution in [-0.2, 0) is 0 Å². The van der Waals surface area contributed by atoms with Crippen LogP contribution >= 0.6 is 0 Å². The first-order chi connectivity index (χ1) is 16.9. The van der Waals surface area contributed by atoms with E-state index in [0.29, 0.717) is 17.2 Å². The lowest BCUT2D eigenvalue weighted by molar-refractivity contribution is 0.436. The van der Waals surface area contributed by atoms with Crippen LogP contribution in [0.4, 0.5) is 0 Å². The van der Waals surface area contributed by atoms with E-state index in [4.69, 9.17) is 4.99 Å². The first kappa shape index (κ1) is 30.8. The number of aliphatic imine (C=N–C) groups is 3. The van der Waals surface area contributed by atoms with Crippen LogP contribution in [0.3, 0.4) is 0 Å². The maximum atomic E-state index is 4.86. The third-order valence-electron chi connectivity index (χ3n) is 6.19. The summed E-state index contributed by atoms with van der Waals surface area (Å²) in [6.07, 6.45) is 11.6. The summed E-state index contributed by atoms with van der Waals surface area (Å²) in [5.74, 6) is 0.589. The molecule has 4 heteroatoms. The standard InChI is InChI=1S/C32H46N4/c1-22(2)20-28(8)36-19-13-14-32(36)31(11)35-30(10)25(5)16-15-24(4)29(9)34-21-26(6)23(3)17-18-27(7)33-12/h15-17,21-22H,4-6,8-9,13-14,18-20H2,1-3,7,10-12H3/b16-15-,23-17+,32-31+,33-27?,34-21?,35-30?. The van der Waals surface area contributed by atoms with Gasteiger partial charge in [-0.2, -0.15) is 0 Å². The topological polar surface area (TPSA) is 40.3 Å². The van der Waals surface area contributed by atoms with Crippen molar-refractivity contribution >= 4 is 17.6 Å². The Morgan fingerprint density at radius 1 is 0.972 bits per heavy atom. The summed E-state index contributed by atoms with van der Waals surface area (Å²) in [5.41, 5.74) is 9.45. The second-order valence-electron chi connectivity index (χ2n) is 9.81. The Bertz CT molecular complexity index is 1070. The van der Waals surface area contributed by atoms with Crippen molar-refractivity contribution in [2.45, 2.75) is 67.2 Å². The number of nitrogens with zero attached hydrogens (tertiary/aromatic N) is 4. The minimum Gasteiger partial charge on any atom is -0.348 e. The molecule has 0 atom stereocenters. The van der Waals surface area contributed by atoms with Crippen molar-refractivity contribution in [3.8, 4) is 0 Å². The van der Waals surface area contributed by atoms with Gasteiger partial charge in [0.25, 0.3) is 0 Å². The van der Waals surface area contributed by atoms with Gasteiger partial charge in [0, 0.05) is 49.0 Å². The maximum absolute atomic E-state index is 4.86. The highest BCUT2D eigenvalue weighted by Gasteiger charge is 2.22. The van der Waals surface area contributed by atoms with E-state index in [1.54, 1.807) is 13.3 Å². The lowest BCUT2D eigenvalue weighted by atomic mass is 10.1. The van der Waals surface area contributed by atoms with Crippen LogP contribution in [0.5, 0.6) is 0 Å². The molecular formula is C32H46N4. The van der Waals surface area contributed by atoms with Crippen LogP contribution in [0.25, 0.3) is 0 Å². The predicted octanol–water partition coefficient (Wildman–Crippen LogP) is 8.57. The van der Waals surface area contributed by atoms with Crippen LogP contribution in [0.1, 0.15) is 67.2 Å². The van der Waals surface area contributed by atoms with Crippen molar-refractivity contribution in [1.29, 1.82) is 0 Å². The Morgan fingerprint density at radius 3 is 2.22 bits per heavy atom. The van der Waals surface area contributed by atoms with Gasteiger partial charge in [0.1, 0.15) is 0 Å². The fourth-order valence-electron chi connectivity index (χ4n) is 3.65. The molecule has 0 radical (unpaired) electrons. The quantitative estimate of drug-likeness (QED) is 0.190. The monoisotopic (exact) mass is 486 g/mol. The largest absolute Gasteiger partial charge is 0.348 e. The molecule has 0 aromatic heterocycles. The normalized spacial score (nSPS) is 16.9. The number of hydrogen-bond donors (Lipinski definition) is 0. The highest BCUT2D eigenvalue weighted by molar-refractivity contribution is 6.00. The van der Waals surface area contributed by atoms with E-state index in [0.717, 1.165) is 66.1 Å². The van der Waals surface area contributed by atoms with E-state index in [-0.39, 0.29) is 0 Å². The van der Waals surface area contributed by atoms with Gasteiger partial charge in [-0.1, -0.05) is 65.0 Å². The van der Waals surface area contributed by atoms with Crippen LogP contribution < -0.4 is 0 Å². The molecule has 0 N–H and O–H groups in total. The summed E-state index contributed by atoms with van der Waals surface area (Å²) in [4.78, 5) is 15.8. The average molecular weight is 487 g/mol. The van der Waals surface area contributed by atoms with Crippen molar-refractivity contribution in [2.24, 2.45) is 20.9 Å². The van der Waals surface area contributed by atoms with Crippen molar-refractivity contribution in [3.63, 3.8) is 0 Å². The molecule has 1 aliphatic rings. The van der Waals surface area contributed by atoms with Gasteiger partial charge in [-0.25, -0.2) is 0 Å². The Labute approximate surface area is 220 Å². The lowest BCUT2D eigenvalue weighted by Crippen LogP contribution is -2.18. The highest BCUT2D eigenvalue weighted by Crippen LogP contribution is 2.30. The average Bonchev–Trinajstić information content (AvgIpc) is 3.33. The molecule has 1 rings (SSSR count). The Balaban J connectivity index is 2.82. The maximum Gasteiger partial charge on any atom is 0.0624 e. The lowest BCUT2D eigenvalue weighted by Gasteiger charge is -2.25. The third kappa shape index (κ3) is 10.2. The summed E-state index contributed by atoms with van der Waals surface area (Å²) in [6.45, 7) is 34.3. The summed E-state index contributed by atoms with van der Waals surface area (Å²) in [7, 11) is 1.80. The molecule has 1 fully saturated rings. The first-order valence-electron chi connectivity index (χ1n) is 12.7. The third-order valence-corrected chi connectivity index (χ3v) is 6.19. The van der Waals surface area contributed by atoms with Crippen LogP contribution in [0.2, 0.25) is 0 Å². The zero-order chi connectivity index (χ0) is 27.4. The van der Waals surface area contributed by atoms with Gasteiger partial charge in [-0.05, 0) is 75.2 Å². The molecule has 0 unspecified atom stereocenters. The van der Waals surface area contributed by atoms with Gasteiger partial charge in [-0.3, -0.25) is 15.0 Å². The van der Waals surface area contributed by atoms with Gasteiger partial charge < -0.3 is 4.90 Å². The van der Waals surface area contributed by atoms with Crippen molar-refractivity contribution in [1.82, 2.24) is 4.90 Å². The molecule has 0 saturated carbocycles. The Morgan fingerprint density at radius 2 is 1.61 bits per heavy atom. The molecule has 194 valence electrons. The Hall–Kier alpha value is -3.27. The number of rotatable bonds is 13. The van der Waals surface area contributed by atoms with Crippen molar-refractivity contribution < 1.29 is 0 Å². The molecular weight excluding hydrogens is 440 g/mol.